The van der Waals surface area contributed by atoms with E-state index in [1.165, 1.54) is 0 Å². The van der Waals surface area contributed by atoms with Gasteiger partial charge in [-0.2, -0.15) is 0 Å². The van der Waals surface area contributed by atoms with Crippen molar-refractivity contribution in [2.75, 3.05) is 18.9 Å². The average Bonchev–Trinajstić information content (AvgIpc) is 2.14. The molecule has 0 spiro atoms. The molecule has 0 aliphatic rings. The Bertz CT molecular complexity index is 330. The van der Waals surface area contributed by atoms with Gasteiger partial charge in [-0.25, -0.2) is 0 Å². The fraction of sp³-hybridized carbons (Fsp3) is 0.875. The molecule has 0 atom stereocenters. The number of ether oxygens (including phenoxy) is 1. The van der Waals surface area contributed by atoms with Gasteiger partial charge in [0.25, 0.3) is 0 Å². The van der Waals surface area contributed by atoms with Crippen LogP contribution in [0, 0.1) is 5.92 Å². The molecule has 0 aromatic heterocycles. The summed E-state index contributed by atoms with van der Waals surface area (Å²) in [7, 11) is -8.49. The number of carbonyl (C=O) groups is 1. The first-order valence-corrected chi connectivity index (χ1v) is 8.90. The quantitative estimate of drug-likeness (QED) is 0.370. The Kier molecular flexibility index (Phi) is 7.29. The molecule has 0 aliphatic heterocycles. The fourth-order valence-corrected chi connectivity index (χ4v) is 2.58. The minimum Gasteiger partial charge on any atom is -0.466 e. The number of rotatable bonds is 8. The normalized spacial score (nSPS) is 12.8. The van der Waals surface area contributed by atoms with Crippen LogP contribution >= 0.6 is 15.2 Å². The Morgan fingerprint density at radius 1 is 1.06 bits per heavy atom. The summed E-state index contributed by atoms with van der Waals surface area (Å²) in [5, 5.41) is 0. The molecule has 0 saturated heterocycles. The van der Waals surface area contributed by atoms with Crippen LogP contribution in [0.5, 0.6) is 0 Å². The molecule has 10 heteroatoms. The van der Waals surface area contributed by atoms with E-state index in [9.17, 15) is 13.9 Å². The zero-order chi connectivity index (χ0) is 14.4. The molecule has 4 N–H and O–H groups in total. The van der Waals surface area contributed by atoms with Crippen LogP contribution in [0.2, 0.25) is 0 Å². The summed E-state index contributed by atoms with van der Waals surface area (Å²) in [6.07, 6.45) is -1.36. The third-order valence-corrected chi connectivity index (χ3v) is 3.84. The van der Waals surface area contributed by atoms with E-state index in [1.807, 2.05) is 0 Å². The monoisotopic (exact) mass is 304 g/mol. The molecular weight excluding hydrogens is 286 g/mol. The highest BCUT2D eigenvalue weighted by molar-refractivity contribution is 7.52. The lowest BCUT2D eigenvalue weighted by atomic mass is 10.0. The molecule has 0 fully saturated rings. The molecule has 0 aromatic rings. The minimum absolute atomic E-state index is 0.0984. The predicted molar refractivity (Wildman–Crippen MR) is 63.2 cm³/mol. The second-order valence-corrected chi connectivity index (χ2v) is 7.36. The van der Waals surface area contributed by atoms with Gasteiger partial charge in [0.1, 0.15) is 0 Å². The fourth-order valence-electron chi connectivity index (χ4n) is 1.29. The van der Waals surface area contributed by atoms with Crippen molar-refractivity contribution < 1.29 is 38.2 Å². The first-order chi connectivity index (χ1) is 8.05. The zero-order valence-corrected chi connectivity index (χ0v) is 11.7. The number of esters is 1. The van der Waals surface area contributed by atoms with Gasteiger partial charge in [0, 0.05) is 0 Å². The molecule has 0 saturated carbocycles. The number of hydrogen-bond acceptors (Lipinski definition) is 4. The highest BCUT2D eigenvalue weighted by atomic mass is 31.2. The van der Waals surface area contributed by atoms with E-state index >= 15 is 0 Å². The smallest absolute Gasteiger partial charge is 0.325 e. The van der Waals surface area contributed by atoms with Gasteiger partial charge in [0.2, 0.25) is 0 Å². The van der Waals surface area contributed by atoms with Gasteiger partial charge >= 0.3 is 21.2 Å². The molecular formula is C8H18O8P2. The largest absolute Gasteiger partial charge is 0.466 e. The van der Waals surface area contributed by atoms with E-state index in [1.54, 1.807) is 6.92 Å². The average molecular weight is 304 g/mol. The standard InChI is InChI=1S/C8H18O8P2/c1-2-16-8(9)7(3-5-17(10,11)12)4-6-18(13,14)15/h7H,2-6H2,1H3,(H2,10,11,12)(H2,13,14,15). The highest BCUT2D eigenvalue weighted by Crippen LogP contribution is 2.39. The van der Waals surface area contributed by atoms with Gasteiger partial charge in [-0.1, -0.05) is 0 Å². The molecule has 0 aliphatic carbocycles. The van der Waals surface area contributed by atoms with E-state index < -0.39 is 39.4 Å². The Hall–Kier alpha value is -0.230. The molecule has 0 radical (unpaired) electrons. The lowest BCUT2D eigenvalue weighted by molar-refractivity contribution is -0.148. The molecule has 0 aromatic carbocycles. The molecule has 18 heavy (non-hydrogen) atoms. The van der Waals surface area contributed by atoms with Crippen molar-refractivity contribution in [3.8, 4) is 0 Å². The Labute approximate surface area is 105 Å². The Balaban J connectivity index is 4.48. The van der Waals surface area contributed by atoms with Crippen molar-refractivity contribution in [3.63, 3.8) is 0 Å². The highest BCUT2D eigenvalue weighted by Gasteiger charge is 2.26. The number of hydrogen-bond donors (Lipinski definition) is 4. The molecule has 0 heterocycles. The lowest BCUT2D eigenvalue weighted by Gasteiger charge is -2.16. The van der Waals surface area contributed by atoms with Crippen LogP contribution in [0.25, 0.3) is 0 Å². The van der Waals surface area contributed by atoms with Crippen molar-refractivity contribution in [1.29, 1.82) is 0 Å². The van der Waals surface area contributed by atoms with E-state index in [2.05, 4.69) is 4.74 Å². The van der Waals surface area contributed by atoms with Crippen molar-refractivity contribution in [2.24, 2.45) is 5.92 Å². The van der Waals surface area contributed by atoms with E-state index in [0.717, 1.165) is 0 Å². The molecule has 0 bridgehead atoms. The number of carbonyl (C=O) groups excluding carboxylic acids is 1. The minimum atomic E-state index is -4.24. The summed E-state index contributed by atoms with van der Waals surface area (Å²) in [5.74, 6) is -1.61. The van der Waals surface area contributed by atoms with Crippen molar-refractivity contribution in [2.45, 2.75) is 19.8 Å². The summed E-state index contributed by atoms with van der Waals surface area (Å²) in [5.41, 5.74) is 0. The maximum atomic E-state index is 11.4. The van der Waals surface area contributed by atoms with Crippen LogP contribution in [0.3, 0.4) is 0 Å². The van der Waals surface area contributed by atoms with E-state index in [4.69, 9.17) is 19.6 Å². The van der Waals surface area contributed by atoms with Gasteiger partial charge in [-0.3, -0.25) is 13.9 Å². The first kappa shape index (κ1) is 17.8. The molecule has 0 unspecified atom stereocenters. The SMILES string of the molecule is CCOC(=O)C(CCP(=O)(O)O)CCP(=O)(O)O. The topological polar surface area (TPSA) is 141 Å². The van der Waals surface area contributed by atoms with Gasteiger partial charge in [-0.05, 0) is 19.8 Å². The summed E-state index contributed by atoms with van der Waals surface area (Å²) in [6, 6.07) is 0. The van der Waals surface area contributed by atoms with Crippen LogP contribution in [0.4, 0.5) is 0 Å². The maximum absolute atomic E-state index is 11.4. The van der Waals surface area contributed by atoms with Crippen molar-refractivity contribution >= 4 is 21.2 Å². The van der Waals surface area contributed by atoms with E-state index in [-0.39, 0.29) is 19.4 Å². The Morgan fingerprint density at radius 3 is 1.72 bits per heavy atom. The van der Waals surface area contributed by atoms with Gasteiger partial charge in [-0.15, -0.1) is 0 Å². The van der Waals surface area contributed by atoms with Gasteiger partial charge < -0.3 is 24.3 Å². The molecule has 0 amide bonds. The summed E-state index contributed by atoms with van der Waals surface area (Å²) < 4.78 is 26.1. The lowest BCUT2D eigenvalue weighted by Crippen LogP contribution is -2.20. The van der Waals surface area contributed by atoms with Crippen LogP contribution in [0.1, 0.15) is 19.8 Å². The van der Waals surface area contributed by atoms with Crippen LogP contribution in [-0.4, -0.2) is 44.5 Å². The second kappa shape index (κ2) is 7.38. The van der Waals surface area contributed by atoms with E-state index in [0.29, 0.717) is 0 Å². The summed E-state index contributed by atoms with van der Waals surface area (Å²) >= 11 is 0. The van der Waals surface area contributed by atoms with Crippen LogP contribution < -0.4 is 0 Å². The third kappa shape index (κ3) is 9.76. The second-order valence-electron chi connectivity index (χ2n) is 3.80. The Morgan fingerprint density at radius 2 is 1.44 bits per heavy atom. The van der Waals surface area contributed by atoms with Crippen molar-refractivity contribution in [3.05, 3.63) is 0 Å². The van der Waals surface area contributed by atoms with Crippen LogP contribution in [-0.2, 0) is 18.7 Å². The summed E-state index contributed by atoms with van der Waals surface area (Å²) in [4.78, 5) is 46.3. The summed E-state index contributed by atoms with van der Waals surface area (Å²) in [6.45, 7) is 1.67. The zero-order valence-electron chi connectivity index (χ0n) is 9.93. The third-order valence-electron chi connectivity index (χ3n) is 2.16. The molecule has 8 nitrogen and oxygen atoms in total. The van der Waals surface area contributed by atoms with Crippen LogP contribution in [0.15, 0.2) is 0 Å². The molecule has 0 rings (SSSR count). The molecule has 108 valence electrons. The van der Waals surface area contributed by atoms with Gasteiger partial charge in [0.15, 0.2) is 0 Å². The van der Waals surface area contributed by atoms with Crippen molar-refractivity contribution in [1.82, 2.24) is 0 Å². The first-order valence-electron chi connectivity index (χ1n) is 5.31. The maximum Gasteiger partial charge on any atom is 0.325 e. The predicted octanol–water partition coefficient (Wildman–Crippen LogP) is 0.301. The van der Waals surface area contributed by atoms with Gasteiger partial charge in [0.05, 0.1) is 24.8 Å².